The molecule has 0 aliphatic carbocycles. The van der Waals surface area contributed by atoms with Gasteiger partial charge in [-0.15, -0.1) is 0 Å². The summed E-state index contributed by atoms with van der Waals surface area (Å²) in [6.45, 7) is 0.903. The Kier molecular flexibility index (Phi) is 8.63. The van der Waals surface area contributed by atoms with Crippen molar-refractivity contribution in [2.45, 2.75) is 12.4 Å². The van der Waals surface area contributed by atoms with Crippen molar-refractivity contribution in [3.05, 3.63) is 0 Å². The fourth-order valence-corrected chi connectivity index (χ4v) is 1.20. The second kappa shape index (κ2) is 7.62. The van der Waals surface area contributed by atoms with Gasteiger partial charge < -0.3 is 35.4 Å². The Hall–Kier alpha value is 0.0800. The maximum atomic E-state index is 11.5. The SMILES string of the molecule is FC(F)(F)C1C[NH2+]C1.FC(F)(F)C1C[NH2+]C1.[Cl-].[Cl-]. The molecular weight excluding hydrogens is 309 g/mol. The molecule has 2 saturated heterocycles. The van der Waals surface area contributed by atoms with Gasteiger partial charge in [0, 0.05) is 0 Å². The zero-order valence-electron chi connectivity index (χ0n) is 9.16. The Labute approximate surface area is 113 Å². The van der Waals surface area contributed by atoms with Gasteiger partial charge in [0.15, 0.2) is 11.8 Å². The zero-order valence-corrected chi connectivity index (χ0v) is 10.7. The molecule has 2 aliphatic rings. The Morgan fingerprint density at radius 1 is 0.611 bits per heavy atom. The number of quaternary nitrogens is 2. The lowest BCUT2D eigenvalue weighted by Crippen LogP contribution is -3.00. The van der Waals surface area contributed by atoms with E-state index in [0.29, 0.717) is 0 Å². The molecule has 0 unspecified atom stereocenters. The molecule has 0 bridgehead atoms. The van der Waals surface area contributed by atoms with Crippen molar-refractivity contribution in [3.8, 4) is 0 Å². The highest BCUT2D eigenvalue weighted by Gasteiger charge is 2.47. The lowest BCUT2D eigenvalue weighted by atomic mass is 10.0. The van der Waals surface area contributed by atoms with E-state index in [1.807, 2.05) is 0 Å². The maximum absolute atomic E-state index is 11.5. The summed E-state index contributed by atoms with van der Waals surface area (Å²) in [5.41, 5.74) is 0. The van der Waals surface area contributed by atoms with E-state index in [4.69, 9.17) is 0 Å². The van der Waals surface area contributed by atoms with Crippen LogP contribution in [0.3, 0.4) is 0 Å². The van der Waals surface area contributed by atoms with Crippen molar-refractivity contribution < 1.29 is 61.8 Å². The van der Waals surface area contributed by atoms with E-state index in [-0.39, 0.29) is 51.0 Å². The summed E-state index contributed by atoms with van der Waals surface area (Å²) in [6, 6.07) is 0. The van der Waals surface area contributed by atoms with Gasteiger partial charge in [-0.2, -0.15) is 26.3 Å². The van der Waals surface area contributed by atoms with E-state index < -0.39 is 24.2 Å². The van der Waals surface area contributed by atoms with E-state index in [1.54, 1.807) is 10.6 Å². The molecule has 2 rings (SSSR count). The third-order valence-corrected chi connectivity index (χ3v) is 2.73. The van der Waals surface area contributed by atoms with Crippen LogP contribution in [0.4, 0.5) is 26.3 Å². The van der Waals surface area contributed by atoms with E-state index in [2.05, 4.69) is 0 Å². The highest BCUT2D eigenvalue weighted by atomic mass is 35.5. The minimum atomic E-state index is -3.94. The first-order valence-corrected chi connectivity index (χ1v) is 4.98. The first-order valence-electron chi connectivity index (χ1n) is 4.98. The van der Waals surface area contributed by atoms with Crippen molar-refractivity contribution in [3.63, 3.8) is 0 Å². The van der Waals surface area contributed by atoms with E-state index in [0.717, 1.165) is 0 Å². The summed E-state index contributed by atoms with van der Waals surface area (Å²) in [5.74, 6) is -2.05. The number of alkyl halides is 6. The van der Waals surface area contributed by atoms with Crippen molar-refractivity contribution in [1.82, 2.24) is 0 Å². The fraction of sp³-hybridized carbons (Fsp3) is 1.00. The van der Waals surface area contributed by atoms with Crippen LogP contribution in [0.1, 0.15) is 0 Å². The molecule has 4 N–H and O–H groups in total. The zero-order chi connectivity index (χ0) is 12.4. The molecule has 0 aromatic carbocycles. The van der Waals surface area contributed by atoms with Gasteiger partial charge >= 0.3 is 12.4 Å². The van der Waals surface area contributed by atoms with E-state index >= 15 is 0 Å². The summed E-state index contributed by atoms with van der Waals surface area (Å²) in [6.07, 6.45) is -7.87. The molecule has 0 amide bonds. The van der Waals surface area contributed by atoms with Gasteiger partial charge in [0.1, 0.15) is 0 Å². The molecule has 112 valence electrons. The minimum absolute atomic E-state index is 0. The largest absolute Gasteiger partial charge is 1.00 e. The second-order valence-electron chi connectivity index (χ2n) is 4.00. The molecule has 0 radical (unpaired) electrons. The number of halogens is 8. The second-order valence-corrected chi connectivity index (χ2v) is 4.00. The maximum Gasteiger partial charge on any atom is 0.402 e. The molecule has 0 aromatic heterocycles. The van der Waals surface area contributed by atoms with Gasteiger partial charge in [-0.3, -0.25) is 0 Å². The normalized spacial score (nSPS) is 20.3. The summed E-state index contributed by atoms with van der Waals surface area (Å²) < 4.78 is 68.9. The van der Waals surface area contributed by atoms with Crippen LogP contribution in [0.15, 0.2) is 0 Å². The molecule has 2 fully saturated rings. The third-order valence-electron chi connectivity index (χ3n) is 2.73. The standard InChI is InChI=1S/2C4H6F3N.2ClH/c2*5-4(6,7)3-1-8-2-3;;/h2*3,8H,1-2H2;2*1H. The lowest BCUT2D eigenvalue weighted by Gasteiger charge is -2.24. The van der Waals surface area contributed by atoms with Crippen LogP contribution in [0.5, 0.6) is 0 Å². The molecule has 0 saturated carbocycles. The Balaban J connectivity index is 0. The van der Waals surface area contributed by atoms with Crippen molar-refractivity contribution >= 4 is 0 Å². The minimum Gasteiger partial charge on any atom is -1.00 e. The predicted octanol–water partition coefficient (Wildman–Crippen LogP) is -6.51. The molecule has 18 heavy (non-hydrogen) atoms. The van der Waals surface area contributed by atoms with Gasteiger partial charge in [-0.25, -0.2) is 0 Å². The molecular formula is C8H14Cl2F6N2. The topological polar surface area (TPSA) is 33.2 Å². The van der Waals surface area contributed by atoms with Crippen LogP contribution in [0, 0.1) is 11.8 Å². The highest BCUT2D eigenvalue weighted by molar-refractivity contribution is 4.69. The number of hydrogen-bond donors (Lipinski definition) is 2. The lowest BCUT2D eigenvalue weighted by molar-refractivity contribution is -0.734. The van der Waals surface area contributed by atoms with E-state index in [1.165, 1.54) is 0 Å². The van der Waals surface area contributed by atoms with Crippen LogP contribution < -0.4 is 35.4 Å². The van der Waals surface area contributed by atoms with Crippen LogP contribution in [-0.2, 0) is 0 Å². The van der Waals surface area contributed by atoms with Gasteiger partial charge in [0.05, 0.1) is 26.2 Å². The third kappa shape index (κ3) is 6.31. The Morgan fingerprint density at radius 2 is 0.833 bits per heavy atom. The van der Waals surface area contributed by atoms with Crippen LogP contribution in [0.2, 0.25) is 0 Å². The van der Waals surface area contributed by atoms with E-state index in [9.17, 15) is 26.3 Å². The first-order chi connectivity index (χ1) is 7.21. The van der Waals surface area contributed by atoms with Gasteiger partial charge in [0.25, 0.3) is 0 Å². The van der Waals surface area contributed by atoms with Crippen LogP contribution in [0.25, 0.3) is 0 Å². The summed E-state index contributed by atoms with van der Waals surface area (Å²) >= 11 is 0. The number of nitrogens with two attached hydrogens (primary N) is 2. The van der Waals surface area contributed by atoms with Gasteiger partial charge in [-0.1, -0.05) is 0 Å². The summed E-state index contributed by atoms with van der Waals surface area (Å²) in [7, 11) is 0. The molecule has 2 nitrogen and oxygen atoms in total. The average Bonchev–Trinajstić information content (AvgIpc) is 1.66. The monoisotopic (exact) mass is 322 g/mol. The van der Waals surface area contributed by atoms with Crippen LogP contribution >= 0.6 is 0 Å². The molecule has 2 heterocycles. The fourth-order valence-electron chi connectivity index (χ4n) is 1.20. The van der Waals surface area contributed by atoms with Crippen molar-refractivity contribution in [1.29, 1.82) is 0 Å². The Bertz CT molecular complexity index is 201. The highest BCUT2D eigenvalue weighted by Crippen LogP contribution is 2.26. The quantitative estimate of drug-likeness (QED) is 0.416. The smallest absolute Gasteiger partial charge is 0.402 e. The van der Waals surface area contributed by atoms with Crippen molar-refractivity contribution in [2.24, 2.45) is 11.8 Å². The molecule has 2 aliphatic heterocycles. The number of hydrogen-bond acceptors (Lipinski definition) is 0. The van der Waals surface area contributed by atoms with Gasteiger partial charge in [0.2, 0.25) is 0 Å². The molecule has 0 atom stereocenters. The van der Waals surface area contributed by atoms with Crippen LogP contribution in [-0.4, -0.2) is 38.5 Å². The average molecular weight is 323 g/mol. The predicted molar refractivity (Wildman–Crippen MR) is 42.4 cm³/mol. The summed E-state index contributed by atoms with van der Waals surface area (Å²) in [5, 5.41) is 3.30. The first kappa shape index (κ1) is 20.4. The molecule has 0 aromatic rings. The van der Waals surface area contributed by atoms with Crippen molar-refractivity contribution in [2.75, 3.05) is 26.2 Å². The Morgan fingerprint density at radius 3 is 0.833 bits per heavy atom. The summed E-state index contributed by atoms with van der Waals surface area (Å²) in [4.78, 5) is 0. The molecule has 0 spiro atoms. The van der Waals surface area contributed by atoms with Gasteiger partial charge in [-0.05, 0) is 0 Å². The molecule has 10 heteroatoms. The number of rotatable bonds is 0.